The van der Waals surface area contributed by atoms with Crippen LogP contribution >= 0.6 is 0 Å². The number of rotatable bonds is 4. The van der Waals surface area contributed by atoms with Crippen molar-refractivity contribution < 1.29 is 28.9 Å². The molecule has 1 saturated heterocycles. The number of fused-ring (bicyclic) bond motifs is 1. The van der Waals surface area contributed by atoms with E-state index in [4.69, 9.17) is 14.2 Å². The molecule has 9 nitrogen and oxygen atoms in total. The SMILES string of the molecule is CNc1cc(C(=O)NC[C@@H]2CCN(C(=O)OC(C)(C)C)CC2O)c2c(c1C)OCCO2. The molecule has 3 rings (SSSR count). The topological polar surface area (TPSA) is 109 Å². The maximum Gasteiger partial charge on any atom is 0.410 e. The van der Waals surface area contributed by atoms with Gasteiger partial charge in [-0.15, -0.1) is 0 Å². The van der Waals surface area contributed by atoms with Crippen molar-refractivity contribution in [2.45, 2.75) is 45.8 Å². The number of nitrogens with one attached hydrogen (secondary N) is 2. The fourth-order valence-electron chi connectivity index (χ4n) is 3.80. The van der Waals surface area contributed by atoms with Gasteiger partial charge in [-0.25, -0.2) is 4.79 Å². The zero-order valence-corrected chi connectivity index (χ0v) is 18.9. The molecule has 1 unspecified atom stereocenters. The Morgan fingerprint density at radius 2 is 1.94 bits per heavy atom. The highest BCUT2D eigenvalue weighted by atomic mass is 16.6. The van der Waals surface area contributed by atoms with Gasteiger partial charge in [0, 0.05) is 37.3 Å². The van der Waals surface area contributed by atoms with Gasteiger partial charge in [-0.05, 0) is 40.2 Å². The summed E-state index contributed by atoms with van der Waals surface area (Å²) in [6, 6.07) is 1.75. The van der Waals surface area contributed by atoms with E-state index in [-0.39, 0.29) is 18.4 Å². The summed E-state index contributed by atoms with van der Waals surface area (Å²) in [6.07, 6.45) is -0.619. The van der Waals surface area contributed by atoms with Crippen molar-refractivity contribution in [3.8, 4) is 11.5 Å². The predicted molar refractivity (Wildman–Crippen MR) is 116 cm³/mol. The number of hydrogen-bond acceptors (Lipinski definition) is 7. The molecule has 2 heterocycles. The molecule has 1 aromatic rings. The number of anilines is 1. The molecule has 2 aliphatic heterocycles. The molecule has 3 N–H and O–H groups in total. The normalized spacial score (nSPS) is 20.8. The Bertz CT molecular complexity index is 836. The van der Waals surface area contributed by atoms with Crippen LogP contribution in [-0.2, 0) is 4.74 Å². The molecule has 1 aromatic carbocycles. The van der Waals surface area contributed by atoms with Crippen molar-refractivity contribution in [1.82, 2.24) is 10.2 Å². The third-order valence-electron chi connectivity index (χ3n) is 5.47. The van der Waals surface area contributed by atoms with E-state index in [1.54, 1.807) is 13.1 Å². The van der Waals surface area contributed by atoms with Gasteiger partial charge in [0.05, 0.1) is 18.2 Å². The standard InChI is InChI=1S/C22H33N3O6/c1-13-16(23-5)10-15(19-18(13)29-8-9-30-19)20(27)24-11-14-6-7-25(12-17(14)26)21(28)31-22(2,3)4/h10,14,17,23,26H,6-9,11-12H2,1-5H3,(H,24,27)/t14-,17?/m0/s1. The largest absolute Gasteiger partial charge is 0.486 e. The van der Waals surface area contributed by atoms with Crippen molar-refractivity contribution in [2.75, 3.05) is 45.2 Å². The number of β-amino-alcohol motifs (C(OH)–C–C–N with tert-alkyl or cyclic N) is 1. The molecule has 31 heavy (non-hydrogen) atoms. The smallest absolute Gasteiger partial charge is 0.410 e. The maximum absolute atomic E-state index is 12.9. The molecule has 9 heteroatoms. The highest BCUT2D eigenvalue weighted by Gasteiger charge is 2.33. The van der Waals surface area contributed by atoms with E-state index in [2.05, 4.69) is 10.6 Å². The van der Waals surface area contributed by atoms with E-state index < -0.39 is 17.8 Å². The summed E-state index contributed by atoms with van der Waals surface area (Å²) in [5, 5.41) is 16.5. The van der Waals surface area contributed by atoms with Crippen LogP contribution in [0.2, 0.25) is 0 Å². The lowest BCUT2D eigenvalue weighted by molar-refractivity contribution is -0.0122. The predicted octanol–water partition coefficient (Wildman–Crippen LogP) is 2.16. The van der Waals surface area contributed by atoms with Crippen LogP contribution < -0.4 is 20.1 Å². The Morgan fingerprint density at radius 1 is 1.26 bits per heavy atom. The summed E-state index contributed by atoms with van der Waals surface area (Å²) in [5.41, 5.74) is 1.49. The number of likely N-dealkylation sites (tertiary alicyclic amines) is 1. The molecule has 0 spiro atoms. The Labute approximate surface area is 183 Å². The monoisotopic (exact) mass is 435 g/mol. The number of aliphatic hydroxyl groups is 1. The number of carbonyl (C=O) groups is 2. The zero-order valence-electron chi connectivity index (χ0n) is 18.9. The van der Waals surface area contributed by atoms with Gasteiger partial charge >= 0.3 is 6.09 Å². The number of benzene rings is 1. The quantitative estimate of drug-likeness (QED) is 0.665. The molecule has 0 bridgehead atoms. The number of nitrogens with zero attached hydrogens (tertiary/aromatic N) is 1. The average Bonchev–Trinajstić information content (AvgIpc) is 2.72. The Hall–Kier alpha value is -2.68. The first-order valence-electron chi connectivity index (χ1n) is 10.7. The summed E-state index contributed by atoms with van der Waals surface area (Å²) in [6.45, 7) is 9.09. The molecule has 0 aliphatic carbocycles. The van der Waals surface area contributed by atoms with Crippen LogP contribution in [0, 0.1) is 12.8 Å². The fraction of sp³-hybridized carbons (Fsp3) is 0.636. The minimum absolute atomic E-state index is 0.162. The average molecular weight is 436 g/mol. The van der Waals surface area contributed by atoms with Crippen molar-refractivity contribution >= 4 is 17.7 Å². The van der Waals surface area contributed by atoms with E-state index in [0.717, 1.165) is 11.3 Å². The summed E-state index contributed by atoms with van der Waals surface area (Å²) in [5.74, 6) is 0.569. The Balaban J connectivity index is 1.62. The molecule has 2 amide bonds. The van der Waals surface area contributed by atoms with Crippen molar-refractivity contribution in [3.63, 3.8) is 0 Å². The minimum atomic E-state index is -0.749. The molecular formula is C22H33N3O6. The van der Waals surface area contributed by atoms with E-state index >= 15 is 0 Å². The second-order valence-corrected chi connectivity index (χ2v) is 8.95. The van der Waals surface area contributed by atoms with Crippen LogP contribution in [0.5, 0.6) is 11.5 Å². The van der Waals surface area contributed by atoms with Gasteiger partial charge < -0.3 is 34.9 Å². The third-order valence-corrected chi connectivity index (χ3v) is 5.47. The van der Waals surface area contributed by atoms with E-state index in [0.29, 0.717) is 49.8 Å². The molecule has 2 atom stereocenters. The van der Waals surface area contributed by atoms with Crippen LogP contribution in [-0.4, -0.2) is 73.6 Å². The van der Waals surface area contributed by atoms with Crippen molar-refractivity contribution in [1.29, 1.82) is 0 Å². The minimum Gasteiger partial charge on any atom is -0.486 e. The van der Waals surface area contributed by atoms with Crippen LogP contribution in [0.4, 0.5) is 10.5 Å². The van der Waals surface area contributed by atoms with Gasteiger partial charge in [-0.1, -0.05) is 0 Å². The second kappa shape index (κ2) is 9.21. The number of amides is 2. The molecule has 0 saturated carbocycles. The van der Waals surface area contributed by atoms with E-state index in [1.807, 2.05) is 27.7 Å². The summed E-state index contributed by atoms with van der Waals surface area (Å²) < 4.78 is 16.8. The molecule has 0 radical (unpaired) electrons. The first-order chi connectivity index (χ1) is 14.6. The highest BCUT2D eigenvalue weighted by molar-refractivity contribution is 5.99. The third kappa shape index (κ3) is 5.33. The van der Waals surface area contributed by atoms with Gasteiger partial charge in [-0.2, -0.15) is 0 Å². The number of aliphatic hydroxyl groups excluding tert-OH is 1. The lowest BCUT2D eigenvalue weighted by Crippen LogP contribution is -2.50. The number of carbonyl (C=O) groups excluding carboxylic acids is 2. The van der Waals surface area contributed by atoms with E-state index in [9.17, 15) is 14.7 Å². The molecule has 0 aromatic heterocycles. The highest BCUT2D eigenvalue weighted by Crippen LogP contribution is 2.41. The van der Waals surface area contributed by atoms with Gasteiger partial charge in [0.2, 0.25) is 0 Å². The van der Waals surface area contributed by atoms with Crippen LogP contribution in [0.3, 0.4) is 0 Å². The Morgan fingerprint density at radius 3 is 2.55 bits per heavy atom. The Kier molecular flexibility index (Phi) is 6.83. The molecule has 1 fully saturated rings. The number of piperidine rings is 1. The van der Waals surface area contributed by atoms with Gasteiger partial charge in [-0.3, -0.25) is 4.79 Å². The van der Waals surface area contributed by atoms with Crippen LogP contribution in [0.15, 0.2) is 6.07 Å². The molecular weight excluding hydrogens is 402 g/mol. The van der Waals surface area contributed by atoms with E-state index in [1.165, 1.54) is 4.90 Å². The number of hydrogen-bond donors (Lipinski definition) is 3. The fourth-order valence-corrected chi connectivity index (χ4v) is 3.80. The van der Waals surface area contributed by atoms with Crippen molar-refractivity contribution in [3.05, 3.63) is 17.2 Å². The maximum atomic E-state index is 12.9. The van der Waals surface area contributed by atoms with Gasteiger partial charge in [0.15, 0.2) is 11.5 Å². The van der Waals surface area contributed by atoms with Crippen LogP contribution in [0.1, 0.15) is 43.1 Å². The van der Waals surface area contributed by atoms with Crippen LogP contribution in [0.25, 0.3) is 0 Å². The van der Waals surface area contributed by atoms with Gasteiger partial charge in [0.25, 0.3) is 5.91 Å². The summed E-state index contributed by atoms with van der Waals surface area (Å²) in [7, 11) is 1.79. The zero-order chi connectivity index (χ0) is 22.8. The first-order valence-corrected chi connectivity index (χ1v) is 10.7. The lowest BCUT2D eigenvalue weighted by atomic mass is 9.94. The molecule has 172 valence electrons. The lowest BCUT2D eigenvalue weighted by Gasteiger charge is -2.36. The summed E-state index contributed by atoms with van der Waals surface area (Å²) >= 11 is 0. The first kappa shape index (κ1) is 23.0. The summed E-state index contributed by atoms with van der Waals surface area (Å²) in [4.78, 5) is 26.7. The van der Waals surface area contributed by atoms with Gasteiger partial charge in [0.1, 0.15) is 18.8 Å². The molecule has 2 aliphatic rings. The second-order valence-electron chi connectivity index (χ2n) is 8.95. The number of ether oxygens (including phenoxy) is 3. The van der Waals surface area contributed by atoms with Crippen molar-refractivity contribution in [2.24, 2.45) is 5.92 Å².